The molecule has 2 aliphatic heterocycles. The van der Waals surface area contributed by atoms with Gasteiger partial charge in [-0.05, 0) is 32.0 Å². The summed E-state index contributed by atoms with van der Waals surface area (Å²) in [7, 11) is 1.89. The molecule has 0 radical (unpaired) electrons. The summed E-state index contributed by atoms with van der Waals surface area (Å²) in [5.41, 5.74) is 1.97. The molecule has 5 heteroatoms. The smallest absolute Gasteiger partial charge is 0.275 e. The number of carbonyl (C=O) groups is 1. The first-order valence-corrected chi connectivity index (χ1v) is 7.60. The van der Waals surface area contributed by atoms with E-state index in [2.05, 4.69) is 10.4 Å². The van der Waals surface area contributed by atoms with Gasteiger partial charge < -0.3 is 10.2 Å². The van der Waals surface area contributed by atoms with Crippen LogP contribution >= 0.6 is 0 Å². The van der Waals surface area contributed by atoms with Crippen molar-refractivity contribution in [2.75, 3.05) is 26.2 Å². The van der Waals surface area contributed by atoms with E-state index in [1.165, 1.54) is 12.8 Å². The van der Waals surface area contributed by atoms with Crippen LogP contribution in [-0.2, 0) is 7.05 Å². The minimum atomic E-state index is 0.0796. The minimum absolute atomic E-state index is 0.0796. The highest BCUT2D eigenvalue weighted by Gasteiger charge is 2.46. The van der Waals surface area contributed by atoms with Crippen LogP contribution in [0.4, 0.5) is 0 Å². The number of benzene rings is 1. The summed E-state index contributed by atoms with van der Waals surface area (Å²) in [4.78, 5) is 14.7. The van der Waals surface area contributed by atoms with E-state index in [1.54, 1.807) is 4.68 Å². The molecular formula is C16H20N4O. The molecule has 21 heavy (non-hydrogen) atoms. The molecular weight excluding hydrogens is 264 g/mol. The molecule has 0 atom stereocenters. The Balaban J connectivity index is 1.58. The quantitative estimate of drug-likeness (QED) is 0.861. The molecule has 2 saturated heterocycles. The number of likely N-dealkylation sites (tertiary alicyclic amines) is 1. The number of aryl methyl sites for hydroxylation is 1. The normalized spacial score (nSPS) is 20.7. The number of para-hydroxylation sites is 1. The average molecular weight is 284 g/mol. The van der Waals surface area contributed by atoms with Crippen LogP contribution in [0.5, 0.6) is 0 Å². The minimum Gasteiger partial charge on any atom is -0.336 e. The third-order valence-electron chi connectivity index (χ3n) is 4.96. The summed E-state index contributed by atoms with van der Waals surface area (Å²) in [6.07, 6.45) is 2.36. The van der Waals surface area contributed by atoms with Gasteiger partial charge in [-0.3, -0.25) is 9.48 Å². The van der Waals surface area contributed by atoms with E-state index >= 15 is 0 Å². The van der Waals surface area contributed by atoms with Gasteiger partial charge in [-0.1, -0.05) is 18.2 Å². The number of carbonyl (C=O) groups excluding carboxylic acids is 1. The summed E-state index contributed by atoms with van der Waals surface area (Å²) in [5.74, 6) is 0.0796. The maximum absolute atomic E-state index is 12.7. The van der Waals surface area contributed by atoms with Crippen LogP contribution in [0.1, 0.15) is 23.3 Å². The van der Waals surface area contributed by atoms with E-state index in [0.717, 1.165) is 37.1 Å². The van der Waals surface area contributed by atoms with E-state index in [9.17, 15) is 4.79 Å². The summed E-state index contributed by atoms with van der Waals surface area (Å²) in [6.45, 7) is 3.93. The van der Waals surface area contributed by atoms with E-state index in [0.29, 0.717) is 11.1 Å². The summed E-state index contributed by atoms with van der Waals surface area (Å²) < 4.78 is 1.79. The van der Waals surface area contributed by atoms with E-state index in [1.807, 2.05) is 36.2 Å². The monoisotopic (exact) mass is 284 g/mol. The van der Waals surface area contributed by atoms with Crippen molar-refractivity contribution < 1.29 is 4.79 Å². The number of hydrogen-bond donors (Lipinski definition) is 1. The van der Waals surface area contributed by atoms with Gasteiger partial charge in [0.25, 0.3) is 5.91 Å². The molecule has 2 aliphatic rings. The average Bonchev–Trinajstić information content (AvgIpc) is 2.83. The molecule has 0 aliphatic carbocycles. The van der Waals surface area contributed by atoms with Crippen molar-refractivity contribution in [3.05, 3.63) is 30.0 Å². The molecule has 5 nitrogen and oxygen atoms in total. The summed E-state index contributed by atoms with van der Waals surface area (Å²) in [5, 5.41) is 8.79. The first kappa shape index (κ1) is 12.8. The standard InChI is InChI=1S/C16H20N4O/c1-19-13-5-3-2-4-12(13)14(18-19)15(21)20-10-16(11-20)6-8-17-9-7-16/h2-5,17H,6-11H2,1H3. The highest BCUT2D eigenvalue weighted by molar-refractivity contribution is 6.05. The topological polar surface area (TPSA) is 50.2 Å². The second kappa shape index (κ2) is 4.56. The lowest BCUT2D eigenvalue weighted by Crippen LogP contribution is -2.61. The highest BCUT2D eigenvalue weighted by atomic mass is 16.2. The molecule has 110 valence electrons. The lowest BCUT2D eigenvalue weighted by molar-refractivity contribution is -0.0116. The van der Waals surface area contributed by atoms with E-state index in [4.69, 9.17) is 0 Å². The third kappa shape index (κ3) is 1.95. The van der Waals surface area contributed by atoms with Crippen molar-refractivity contribution in [2.45, 2.75) is 12.8 Å². The van der Waals surface area contributed by atoms with Crippen LogP contribution in [0.2, 0.25) is 0 Å². The Morgan fingerprint density at radius 2 is 1.95 bits per heavy atom. The van der Waals surface area contributed by atoms with Crippen LogP contribution in [0, 0.1) is 5.41 Å². The van der Waals surface area contributed by atoms with Crippen molar-refractivity contribution in [3.63, 3.8) is 0 Å². The molecule has 0 saturated carbocycles. The second-order valence-electron chi connectivity index (χ2n) is 6.40. The number of piperidine rings is 1. The van der Waals surface area contributed by atoms with Gasteiger partial charge in [0.1, 0.15) is 0 Å². The van der Waals surface area contributed by atoms with Gasteiger partial charge in [0.2, 0.25) is 0 Å². The van der Waals surface area contributed by atoms with Gasteiger partial charge in [0, 0.05) is 30.9 Å². The van der Waals surface area contributed by atoms with E-state index < -0.39 is 0 Å². The molecule has 1 amide bonds. The van der Waals surface area contributed by atoms with Gasteiger partial charge in [-0.15, -0.1) is 0 Å². The van der Waals surface area contributed by atoms with Crippen LogP contribution in [0.3, 0.4) is 0 Å². The SMILES string of the molecule is Cn1nc(C(=O)N2CC3(CCNCC3)C2)c2ccccc21. The summed E-state index contributed by atoms with van der Waals surface area (Å²) >= 11 is 0. The number of aromatic nitrogens is 2. The molecule has 4 rings (SSSR count). The zero-order valence-corrected chi connectivity index (χ0v) is 12.3. The number of nitrogens with one attached hydrogen (secondary N) is 1. The number of fused-ring (bicyclic) bond motifs is 1. The Bertz CT molecular complexity index is 691. The van der Waals surface area contributed by atoms with Crippen molar-refractivity contribution in [1.29, 1.82) is 0 Å². The van der Waals surface area contributed by atoms with Crippen LogP contribution < -0.4 is 5.32 Å². The van der Waals surface area contributed by atoms with Gasteiger partial charge in [0.05, 0.1) is 5.52 Å². The number of rotatable bonds is 1. The Morgan fingerprint density at radius 3 is 2.71 bits per heavy atom. The molecule has 0 unspecified atom stereocenters. The van der Waals surface area contributed by atoms with Crippen molar-refractivity contribution in [3.8, 4) is 0 Å². The fourth-order valence-corrected chi connectivity index (χ4v) is 3.70. The molecule has 2 fully saturated rings. The zero-order chi connectivity index (χ0) is 14.4. The number of hydrogen-bond acceptors (Lipinski definition) is 3. The molecule has 0 bridgehead atoms. The van der Waals surface area contributed by atoms with Crippen LogP contribution in [0.15, 0.2) is 24.3 Å². The van der Waals surface area contributed by atoms with Gasteiger partial charge in [-0.25, -0.2) is 0 Å². The van der Waals surface area contributed by atoms with Crippen LogP contribution in [0.25, 0.3) is 10.9 Å². The molecule has 1 N–H and O–H groups in total. The Labute approximate surface area is 123 Å². The molecule has 2 aromatic rings. The zero-order valence-electron chi connectivity index (χ0n) is 12.3. The molecule has 1 aromatic heterocycles. The largest absolute Gasteiger partial charge is 0.336 e. The maximum atomic E-state index is 12.7. The Morgan fingerprint density at radius 1 is 1.24 bits per heavy atom. The first-order valence-electron chi connectivity index (χ1n) is 7.60. The highest BCUT2D eigenvalue weighted by Crippen LogP contribution is 2.39. The van der Waals surface area contributed by atoms with Gasteiger partial charge in [0.15, 0.2) is 5.69 Å². The lowest BCUT2D eigenvalue weighted by Gasteiger charge is -2.52. The van der Waals surface area contributed by atoms with Crippen LogP contribution in [-0.4, -0.2) is 46.8 Å². The van der Waals surface area contributed by atoms with E-state index in [-0.39, 0.29) is 5.91 Å². The predicted octanol–water partition coefficient (Wildman–Crippen LogP) is 1.40. The molecule has 3 heterocycles. The van der Waals surface area contributed by atoms with Gasteiger partial charge in [-0.2, -0.15) is 5.10 Å². The second-order valence-corrected chi connectivity index (χ2v) is 6.40. The molecule has 1 spiro atoms. The van der Waals surface area contributed by atoms with Crippen molar-refractivity contribution in [1.82, 2.24) is 20.0 Å². The Hall–Kier alpha value is -1.88. The van der Waals surface area contributed by atoms with Crippen molar-refractivity contribution in [2.24, 2.45) is 12.5 Å². The summed E-state index contributed by atoms with van der Waals surface area (Å²) in [6, 6.07) is 7.93. The first-order chi connectivity index (χ1) is 10.2. The van der Waals surface area contributed by atoms with Crippen molar-refractivity contribution >= 4 is 16.8 Å². The number of amides is 1. The number of nitrogens with zero attached hydrogens (tertiary/aromatic N) is 3. The Kier molecular flexibility index (Phi) is 2.79. The molecule has 1 aromatic carbocycles. The fraction of sp³-hybridized carbons (Fsp3) is 0.500. The maximum Gasteiger partial charge on any atom is 0.275 e. The fourth-order valence-electron chi connectivity index (χ4n) is 3.70. The predicted molar refractivity (Wildman–Crippen MR) is 81.2 cm³/mol. The third-order valence-corrected chi connectivity index (χ3v) is 4.96. The lowest BCUT2D eigenvalue weighted by atomic mass is 9.72. The van der Waals surface area contributed by atoms with Gasteiger partial charge >= 0.3 is 0 Å².